The summed E-state index contributed by atoms with van der Waals surface area (Å²) >= 11 is 0. The van der Waals surface area contributed by atoms with Crippen LogP contribution in [0.1, 0.15) is 26.7 Å². The van der Waals surface area contributed by atoms with Gasteiger partial charge in [-0.1, -0.05) is 19.9 Å². The summed E-state index contributed by atoms with van der Waals surface area (Å²) in [5.41, 5.74) is -0.514. The molecule has 0 atom stereocenters. The van der Waals surface area contributed by atoms with Crippen molar-refractivity contribution in [1.29, 1.82) is 0 Å². The monoisotopic (exact) mass is 130 g/mol. The maximum absolute atomic E-state index is 8.41. The lowest BCUT2D eigenvalue weighted by atomic mass is 9.98. The molecule has 0 fully saturated rings. The van der Waals surface area contributed by atoms with E-state index in [2.05, 4.69) is 11.5 Å². The first kappa shape index (κ1) is 8.66. The molecule has 0 heterocycles. The minimum atomic E-state index is -0.514. The van der Waals surface area contributed by atoms with Crippen molar-refractivity contribution in [2.24, 2.45) is 0 Å². The zero-order valence-electron chi connectivity index (χ0n) is 6.05. The summed E-state index contributed by atoms with van der Waals surface area (Å²) in [6, 6.07) is 0. The Morgan fingerprint density at radius 3 is 2.00 bits per heavy atom. The van der Waals surface area contributed by atoms with Crippen LogP contribution in [0.4, 0.5) is 0 Å². The predicted octanol–water partition coefficient (Wildman–Crippen LogP) is 2.22. The van der Waals surface area contributed by atoms with Crippen LogP contribution in [0.25, 0.3) is 0 Å². The number of hydrogen-bond donors (Lipinski definition) is 1. The Kier molecular flexibility index (Phi) is 3.50. The first-order chi connectivity index (χ1) is 4.24. The quantitative estimate of drug-likeness (QED) is 0.359. The molecule has 0 aliphatic rings. The summed E-state index contributed by atoms with van der Waals surface area (Å²) in [6.45, 7) is 7.45. The second-order valence-electron chi connectivity index (χ2n) is 2.07. The number of rotatable bonds is 4. The van der Waals surface area contributed by atoms with E-state index in [9.17, 15) is 0 Å². The van der Waals surface area contributed by atoms with E-state index in [0.29, 0.717) is 0 Å². The van der Waals surface area contributed by atoms with Gasteiger partial charge in [-0.2, -0.15) is 0 Å². The van der Waals surface area contributed by atoms with Crippen LogP contribution in [0.5, 0.6) is 0 Å². The average molecular weight is 130 g/mol. The summed E-state index contributed by atoms with van der Waals surface area (Å²) in [4.78, 5) is 4.27. The van der Waals surface area contributed by atoms with Gasteiger partial charge in [-0.15, -0.1) is 6.58 Å². The van der Waals surface area contributed by atoms with E-state index in [0.717, 1.165) is 12.8 Å². The van der Waals surface area contributed by atoms with E-state index >= 15 is 0 Å². The Labute approximate surface area is 56.1 Å². The summed E-state index contributed by atoms with van der Waals surface area (Å²) in [6.07, 6.45) is 3.14. The van der Waals surface area contributed by atoms with Gasteiger partial charge in [0.1, 0.15) is 5.60 Å². The van der Waals surface area contributed by atoms with Gasteiger partial charge in [-0.25, -0.2) is 4.89 Å². The van der Waals surface area contributed by atoms with E-state index in [1.165, 1.54) is 0 Å². The topological polar surface area (TPSA) is 29.5 Å². The molecule has 0 bridgehead atoms. The Balaban J connectivity index is 3.98. The van der Waals surface area contributed by atoms with E-state index < -0.39 is 5.60 Å². The molecule has 0 aromatic carbocycles. The molecule has 2 nitrogen and oxygen atoms in total. The molecule has 0 rings (SSSR count). The maximum atomic E-state index is 8.41. The van der Waals surface area contributed by atoms with Gasteiger partial charge in [0.25, 0.3) is 0 Å². The van der Waals surface area contributed by atoms with Crippen molar-refractivity contribution >= 4 is 0 Å². The van der Waals surface area contributed by atoms with Crippen molar-refractivity contribution in [2.75, 3.05) is 0 Å². The van der Waals surface area contributed by atoms with Gasteiger partial charge < -0.3 is 0 Å². The molecule has 54 valence electrons. The summed E-state index contributed by atoms with van der Waals surface area (Å²) in [5.74, 6) is 0. The Morgan fingerprint density at radius 2 is 2.00 bits per heavy atom. The fraction of sp³-hybridized carbons (Fsp3) is 0.714. The normalized spacial score (nSPS) is 11.4. The standard InChI is InChI=1S/C7H14O2/c1-4-7(5-2,6-3)9-8/h4,8H,1,5-6H2,2-3H3. The zero-order valence-corrected chi connectivity index (χ0v) is 6.05. The third kappa shape index (κ3) is 1.80. The van der Waals surface area contributed by atoms with Gasteiger partial charge in [0.05, 0.1) is 0 Å². The molecular weight excluding hydrogens is 116 g/mol. The second-order valence-corrected chi connectivity index (χ2v) is 2.07. The SMILES string of the molecule is C=CC(CC)(CC)OO. The van der Waals surface area contributed by atoms with Crippen LogP contribution in [0.3, 0.4) is 0 Å². The highest BCUT2D eigenvalue weighted by atomic mass is 17.1. The molecule has 0 radical (unpaired) electrons. The summed E-state index contributed by atoms with van der Waals surface area (Å²) in [7, 11) is 0. The fourth-order valence-corrected chi connectivity index (χ4v) is 0.705. The van der Waals surface area contributed by atoms with E-state index in [1.807, 2.05) is 13.8 Å². The average Bonchev–Trinajstić information content (AvgIpc) is 1.95. The largest absolute Gasteiger partial charge is 0.251 e. The minimum Gasteiger partial charge on any atom is -0.251 e. The molecule has 0 aliphatic carbocycles. The highest BCUT2D eigenvalue weighted by Crippen LogP contribution is 2.19. The Hall–Kier alpha value is -0.340. The van der Waals surface area contributed by atoms with E-state index in [-0.39, 0.29) is 0 Å². The van der Waals surface area contributed by atoms with Crippen LogP contribution < -0.4 is 0 Å². The lowest BCUT2D eigenvalue weighted by Gasteiger charge is -2.22. The molecule has 0 aromatic heterocycles. The van der Waals surface area contributed by atoms with Gasteiger partial charge >= 0.3 is 0 Å². The van der Waals surface area contributed by atoms with Gasteiger partial charge in [0, 0.05) is 0 Å². The summed E-state index contributed by atoms with van der Waals surface area (Å²) in [5, 5.41) is 8.41. The maximum Gasteiger partial charge on any atom is 0.121 e. The van der Waals surface area contributed by atoms with Crippen LogP contribution >= 0.6 is 0 Å². The molecule has 0 spiro atoms. The van der Waals surface area contributed by atoms with E-state index in [4.69, 9.17) is 5.26 Å². The van der Waals surface area contributed by atoms with Crippen LogP contribution in [0.2, 0.25) is 0 Å². The number of hydrogen-bond acceptors (Lipinski definition) is 2. The van der Waals surface area contributed by atoms with Crippen LogP contribution in [-0.4, -0.2) is 10.9 Å². The van der Waals surface area contributed by atoms with Gasteiger partial charge in [0.2, 0.25) is 0 Å². The van der Waals surface area contributed by atoms with Crippen LogP contribution in [-0.2, 0) is 4.89 Å². The molecule has 0 unspecified atom stereocenters. The minimum absolute atomic E-state index is 0.514. The third-order valence-corrected chi connectivity index (χ3v) is 1.75. The van der Waals surface area contributed by atoms with Crippen molar-refractivity contribution in [1.82, 2.24) is 0 Å². The fourth-order valence-electron chi connectivity index (χ4n) is 0.705. The molecule has 0 saturated carbocycles. The van der Waals surface area contributed by atoms with Crippen molar-refractivity contribution in [3.8, 4) is 0 Å². The van der Waals surface area contributed by atoms with Gasteiger partial charge in [-0.3, -0.25) is 5.26 Å². The molecule has 2 heteroatoms. The first-order valence-electron chi connectivity index (χ1n) is 3.20. The Bertz CT molecular complexity index is 76.7. The highest BCUT2D eigenvalue weighted by molar-refractivity contribution is 4.94. The molecule has 0 amide bonds. The van der Waals surface area contributed by atoms with Gasteiger partial charge in [0.15, 0.2) is 0 Å². The van der Waals surface area contributed by atoms with Crippen LogP contribution in [0, 0.1) is 0 Å². The molecule has 0 aliphatic heterocycles. The second kappa shape index (κ2) is 3.64. The van der Waals surface area contributed by atoms with Crippen LogP contribution in [0.15, 0.2) is 12.7 Å². The van der Waals surface area contributed by atoms with Crippen molar-refractivity contribution in [3.05, 3.63) is 12.7 Å². The smallest absolute Gasteiger partial charge is 0.121 e. The van der Waals surface area contributed by atoms with Crippen molar-refractivity contribution < 1.29 is 10.1 Å². The van der Waals surface area contributed by atoms with Crippen molar-refractivity contribution in [2.45, 2.75) is 32.3 Å². The predicted molar refractivity (Wildman–Crippen MR) is 37.2 cm³/mol. The lowest BCUT2D eigenvalue weighted by Crippen LogP contribution is -2.26. The molecule has 0 aromatic rings. The summed E-state index contributed by atoms with van der Waals surface area (Å²) < 4.78 is 0. The molecule has 9 heavy (non-hydrogen) atoms. The lowest BCUT2D eigenvalue weighted by molar-refractivity contribution is -0.309. The van der Waals surface area contributed by atoms with E-state index in [1.54, 1.807) is 6.08 Å². The van der Waals surface area contributed by atoms with Gasteiger partial charge in [-0.05, 0) is 12.8 Å². The molecular formula is C7H14O2. The highest BCUT2D eigenvalue weighted by Gasteiger charge is 2.22. The molecule has 1 N–H and O–H groups in total. The third-order valence-electron chi connectivity index (χ3n) is 1.75. The Morgan fingerprint density at radius 1 is 1.56 bits per heavy atom. The first-order valence-corrected chi connectivity index (χ1v) is 3.20. The zero-order chi connectivity index (χ0) is 7.33. The van der Waals surface area contributed by atoms with Crippen molar-refractivity contribution in [3.63, 3.8) is 0 Å². The molecule has 0 saturated heterocycles.